The minimum absolute atomic E-state index is 0.483. The van der Waals surface area contributed by atoms with Gasteiger partial charge in [-0.2, -0.15) is 0 Å². The van der Waals surface area contributed by atoms with Crippen LogP contribution in [0.4, 0.5) is 5.69 Å². The molecule has 2 fully saturated rings. The molecule has 2 aliphatic rings. The minimum atomic E-state index is 0.483. The SMILES string of the molecule is ClCc1ccc(N2CCC(CN3CCCC3)CC2)cc1Cl. The Morgan fingerprint density at radius 1 is 1.05 bits per heavy atom. The predicted octanol–water partition coefficient (Wildman–Crippen LogP) is 4.39. The van der Waals surface area contributed by atoms with E-state index in [1.807, 2.05) is 0 Å². The Hall–Kier alpha value is -0.440. The molecular weight excluding hydrogens is 303 g/mol. The maximum absolute atomic E-state index is 6.27. The fraction of sp³-hybridized carbons (Fsp3) is 0.647. The lowest BCUT2D eigenvalue weighted by Crippen LogP contribution is -2.38. The van der Waals surface area contributed by atoms with E-state index in [1.54, 1.807) is 0 Å². The van der Waals surface area contributed by atoms with Crippen molar-refractivity contribution in [1.29, 1.82) is 0 Å². The summed E-state index contributed by atoms with van der Waals surface area (Å²) in [5.74, 6) is 1.36. The normalized spacial score (nSPS) is 21.1. The molecule has 0 N–H and O–H groups in total. The Morgan fingerprint density at radius 3 is 2.38 bits per heavy atom. The molecule has 2 nitrogen and oxygen atoms in total. The van der Waals surface area contributed by atoms with Gasteiger partial charge in [0.1, 0.15) is 0 Å². The summed E-state index contributed by atoms with van der Waals surface area (Å²) in [4.78, 5) is 5.11. The van der Waals surface area contributed by atoms with Gasteiger partial charge in [0, 0.05) is 36.2 Å². The number of benzene rings is 1. The molecule has 0 aromatic heterocycles. The molecule has 2 aliphatic heterocycles. The summed E-state index contributed by atoms with van der Waals surface area (Å²) in [6, 6.07) is 6.28. The van der Waals surface area contributed by atoms with Crippen LogP contribution in [0.5, 0.6) is 0 Å². The van der Waals surface area contributed by atoms with Crippen LogP contribution in [-0.4, -0.2) is 37.6 Å². The average Bonchev–Trinajstić information content (AvgIpc) is 3.01. The number of likely N-dealkylation sites (tertiary alicyclic amines) is 1. The second-order valence-electron chi connectivity index (χ2n) is 6.35. The zero-order chi connectivity index (χ0) is 14.7. The maximum atomic E-state index is 6.27. The highest BCUT2D eigenvalue weighted by atomic mass is 35.5. The molecule has 0 unspecified atom stereocenters. The molecule has 21 heavy (non-hydrogen) atoms. The number of rotatable bonds is 4. The Bertz CT molecular complexity index is 464. The van der Waals surface area contributed by atoms with Crippen LogP contribution in [0.3, 0.4) is 0 Å². The van der Waals surface area contributed by atoms with Crippen LogP contribution in [0.2, 0.25) is 5.02 Å². The summed E-state index contributed by atoms with van der Waals surface area (Å²) in [5.41, 5.74) is 2.26. The molecule has 2 saturated heterocycles. The first kappa shape index (κ1) is 15.5. The Morgan fingerprint density at radius 2 is 1.76 bits per heavy atom. The third-order valence-electron chi connectivity index (χ3n) is 4.88. The summed E-state index contributed by atoms with van der Waals surface area (Å²) in [6.45, 7) is 6.23. The summed E-state index contributed by atoms with van der Waals surface area (Å²) in [5, 5.41) is 0.793. The van der Waals surface area contributed by atoms with E-state index in [0.29, 0.717) is 5.88 Å². The number of hydrogen-bond donors (Lipinski definition) is 0. The van der Waals surface area contributed by atoms with Gasteiger partial charge in [0.15, 0.2) is 0 Å². The van der Waals surface area contributed by atoms with Gasteiger partial charge in [-0.25, -0.2) is 0 Å². The first-order chi connectivity index (χ1) is 10.3. The molecule has 0 radical (unpaired) electrons. The van der Waals surface area contributed by atoms with E-state index >= 15 is 0 Å². The van der Waals surface area contributed by atoms with Gasteiger partial charge in [0.2, 0.25) is 0 Å². The zero-order valence-electron chi connectivity index (χ0n) is 12.5. The molecule has 1 aromatic carbocycles. The zero-order valence-corrected chi connectivity index (χ0v) is 14.0. The number of anilines is 1. The van der Waals surface area contributed by atoms with E-state index in [1.165, 1.54) is 51.0 Å². The largest absolute Gasteiger partial charge is 0.371 e. The second kappa shape index (κ2) is 7.21. The van der Waals surface area contributed by atoms with Crippen LogP contribution in [0.15, 0.2) is 18.2 Å². The monoisotopic (exact) mass is 326 g/mol. The number of alkyl halides is 1. The number of hydrogen-bond acceptors (Lipinski definition) is 2. The molecular formula is C17H24Cl2N2. The van der Waals surface area contributed by atoms with Crippen molar-refractivity contribution in [3.05, 3.63) is 28.8 Å². The smallest absolute Gasteiger partial charge is 0.0488 e. The van der Waals surface area contributed by atoms with Gasteiger partial charge in [0.25, 0.3) is 0 Å². The second-order valence-corrected chi connectivity index (χ2v) is 7.02. The van der Waals surface area contributed by atoms with Crippen molar-refractivity contribution in [3.63, 3.8) is 0 Å². The molecule has 0 aliphatic carbocycles. The van der Waals surface area contributed by atoms with Crippen LogP contribution >= 0.6 is 23.2 Å². The summed E-state index contributed by atoms with van der Waals surface area (Å²) >= 11 is 12.1. The molecule has 116 valence electrons. The van der Waals surface area contributed by atoms with Crippen molar-refractivity contribution in [3.8, 4) is 0 Å². The first-order valence-corrected chi connectivity index (χ1v) is 8.99. The number of piperidine rings is 1. The third kappa shape index (κ3) is 3.85. The molecule has 0 atom stereocenters. The van der Waals surface area contributed by atoms with Crippen LogP contribution in [-0.2, 0) is 5.88 Å². The van der Waals surface area contributed by atoms with Crippen molar-refractivity contribution in [2.45, 2.75) is 31.6 Å². The van der Waals surface area contributed by atoms with Gasteiger partial charge in [-0.1, -0.05) is 17.7 Å². The standard InChI is InChI=1S/C17H24Cl2N2/c18-12-15-3-4-16(11-17(15)19)21-9-5-14(6-10-21)13-20-7-1-2-8-20/h3-4,11,14H,1-2,5-10,12-13H2. The van der Waals surface area contributed by atoms with Crippen LogP contribution in [0.1, 0.15) is 31.2 Å². The molecule has 1 aromatic rings. The molecule has 3 rings (SSSR count). The van der Waals surface area contributed by atoms with Gasteiger partial charge >= 0.3 is 0 Å². The first-order valence-electron chi connectivity index (χ1n) is 8.08. The van der Waals surface area contributed by atoms with Gasteiger partial charge < -0.3 is 9.80 Å². The highest BCUT2D eigenvalue weighted by Crippen LogP contribution is 2.29. The fourth-order valence-corrected chi connectivity index (χ4v) is 4.09. The van der Waals surface area contributed by atoms with E-state index in [4.69, 9.17) is 23.2 Å². The van der Waals surface area contributed by atoms with Crippen molar-refractivity contribution in [1.82, 2.24) is 4.90 Å². The Balaban J connectivity index is 1.54. The summed E-state index contributed by atoms with van der Waals surface area (Å²) in [7, 11) is 0. The number of nitrogens with zero attached hydrogens (tertiary/aromatic N) is 2. The van der Waals surface area contributed by atoms with Crippen molar-refractivity contribution < 1.29 is 0 Å². The van der Waals surface area contributed by atoms with E-state index in [9.17, 15) is 0 Å². The van der Waals surface area contributed by atoms with Gasteiger partial charge in [-0.3, -0.25) is 0 Å². The molecule has 0 spiro atoms. The summed E-state index contributed by atoms with van der Waals surface area (Å²) < 4.78 is 0. The van der Waals surface area contributed by atoms with Crippen molar-refractivity contribution in [2.75, 3.05) is 37.6 Å². The van der Waals surface area contributed by atoms with Crippen LogP contribution in [0, 0.1) is 5.92 Å². The number of halogens is 2. The van der Waals surface area contributed by atoms with E-state index in [-0.39, 0.29) is 0 Å². The molecule has 0 bridgehead atoms. The lowest BCUT2D eigenvalue weighted by atomic mass is 9.96. The van der Waals surface area contributed by atoms with Crippen molar-refractivity contribution >= 4 is 28.9 Å². The van der Waals surface area contributed by atoms with Crippen LogP contribution in [0.25, 0.3) is 0 Å². The lowest BCUT2D eigenvalue weighted by Gasteiger charge is -2.35. The lowest BCUT2D eigenvalue weighted by molar-refractivity contribution is 0.249. The van der Waals surface area contributed by atoms with E-state index in [0.717, 1.165) is 29.6 Å². The fourth-order valence-electron chi connectivity index (χ4n) is 3.55. The topological polar surface area (TPSA) is 6.48 Å². The Kier molecular flexibility index (Phi) is 5.31. The Labute approximate surface area is 138 Å². The average molecular weight is 327 g/mol. The molecule has 0 amide bonds. The minimum Gasteiger partial charge on any atom is -0.371 e. The van der Waals surface area contributed by atoms with Gasteiger partial charge in [0.05, 0.1) is 0 Å². The van der Waals surface area contributed by atoms with Crippen LogP contribution < -0.4 is 4.90 Å². The predicted molar refractivity (Wildman–Crippen MR) is 91.6 cm³/mol. The summed E-state index contributed by atoms with van der Waals surface area (Å²) in [6.07, 6.45) is 5.38. The maximum Gasteiger partial charge on any atom is 0.0488 e. The van der Waals surface area contributed by atoms with Crippen molar-refractivity contribution in [2.24, 2.45) is 5.92 Å². The van der Waals surface area contributed by atoms with Gasteiger partial charge in [-0.05, 0) is 62.4 Å². The van der Waals surface area contributed by atoms with E-state index in [2.05, 4.69) is 28.0 Å². The van der Waals surface area contributed by atoms with Gasteiger partial charge in [-0.15, -0.1) is 11.6 Å². The highest BCUT2D eigenvalue weighted by Gasteiger charge is 2.23. The molecule has 0 saturated carbocycles. The van der Waals surface area contributed by atoms with E-state index < -0.39 is 0 Å². The molecule has 4 heteroatoms. The third-order valence-corrected chi connectivity index (χ3v) is 5.52. The quantitative estimate of drug-likeness (QED) is 0.757. The highest BCUT2D eigenvalue weighted by molar-refractivity contribution is 6.32. The molecule has 2 heterocycles.